The summed E-state index contributed by atoms with van der Waals surface area (Å²) in [5, 5.41) is 28.6. The molecule has 3 aliphatic rings. The molecule has 4 nitrogen and oxygen atoms in total. The summed E-state index contributed by atoms with van der Waals surface area (Å²) in [5.74, 6) is -3.11. The number of aliphatic hydroxyl groups excluding tert-OH is 1. The maximum absolute atomic E-state index is 14.3. The molecule has 1 aromatic rings. The van der Waals surface area contributed by atoms with E-state index in [2.05, 4.69) is 0 Å². The fourth-order valence-electron chi connectivity index (χ4n) is 4.56. The van der Waals surface area contributed by atoms with E-state index in [9.17, 15) is 19.0 Å². The molecule has 1 aliphatic heterocycles. The maximum atomic E-state index is 14.3. The van der Waals surface area contributed by atoms with Crippen LogP contribution < -0.4 is 4.74 Å². The van der Waals surface area contributed by atoms with E-state index in [0.29, 0.717) is 23.3 Å². The lowest BCUT2D eigenvalue weighted by atomic mass is 9.75. The molecular weight excluding hydrogens is 340 g/mol. The molecule has 26 heavy (non-hydrogen) atoms. The van der Waals surface area contributed by atoms with Gasteiger partial charge in [-0.2, -0.15) is 5.26 Å². The summed E-state index contributed by atoms with van der Waals surface area (Å²) in [4.78, 5) is 0. The predicted molar refractivity (Wildman–Crippen MR) is 90.2 cm³/mol. The van der Waals surface area contributed by atoms with Crippen LogP contribution >= 0.6 is 0 Å². The predicted octanol–water partition coefficient (Wildman–Crippen LogP) is 4.37. The summed E-state index contributed by atoms with van der Waals surface area (Å²) in [6, 6.07) is 5.00. The maximum Gasteiger partial charge on any atom is 0.249 e. The Morgan fingerprint density at radius 3 is 2.77 bits per heavy atom. The van der Waals surface area contributed by atoms with Crippen molar-refractivity contribution in [1.82, 2.24) is 0 Å². The van der Waals surface area contributed by atoms with Gasteiger partial charge in [-0.3, -0.25) is 0 Å². The third-order valence-electron chi connectivity index (χ3n) is 5.63. The number of phenolic OH excluding ortho intramolecular Hbond substituents is 1. The van der Waals surface area contributed by atoms with Crippen LogP contribution in [0.4, 0.5) is 8.78 Å². The van der Waals surface area contributed by atoms with Gasteiger partial charge >= 0.3 is 0 Å². The Morgan fingerprint density at radius 1 is 1.27 bits per heavy atom. The highest BCUT2D eigenvalue weighted by molar-refractivity contribution is 5.52. The Hall–Kier alpha value is -2.55. The van der Waals surface area contributed by atoms with Crippen molar-refractivity contribution in [2.24, 2.45) is 11.8 Å². The number of ether oxygens (including phenoxy) is 1. The van der Waals surface area contributed by atoms with E-state index in [1.54, 1.807) is 12.2 Å². The molecule has 1 saturated carbocycles. The number of fused-ring (bicyclic) bond motifs is 3. The lowest BCUT2D eigenvalue weighted by Crippen LogP contribution is -2.39. The number of allylic oxidation sites excluding steroid dienone is 2. The summed E-state index contributed by atoms with van der Waals surface area (Å²) < 4.78 is 34.7. The van der Waals surface area contributed by atoms with Crippen LogP contribution in [0.25, 0.3) is 0 Å². The Labute approximate surface area is 150 Å². The monoisotopic (exact) mass is 359 g/mol. The van der Waals surface area contributed by atoms with Crippen LogP contribution in [0.5, 0.6) is 11.5 Å². The van der Waals surface area contributed by atoms with E-state index in [1.807, 2.05) is 12.1 Å². The van der Waals surface area contributed by atoms with Crippen molar-refractivity contribution < 1.29 is 23.7 Å². The summed E-state index contributed by atoms with van der Waals surface area (Å²) in [5.41, 5.74) is 1.10. The van der Waals surface area contributed by atoms with Crippen LogP contribution in [0.2, 0.25) is 0 Å². The first-order valence-electron chi connectivity index (χ1n) is 8.72. The lowest BCUT2D eigenvalue weighted by molar-refractivity contribution is -0.00590. The van der Waals surface area contributed by atoms with Crippen LogP contribution in [0.1, 0.15) is 36.3 Å². The number of hydrogen-bond acceptors (Lipinski definition) is 4. The van der Waals surface area contributed by atoms with Gasteiger partial charge in [-0.25, -0.2) is 8.78 Å². The number of halogens is 2. The molecule has 4 rings (SSSR count). The van der Waals surface area contributed by atoms with Gasteiger partial charge in [0.25, 0.3) is 0 Å². The molecular formula is C20H19F2NO3. The number of nitrogens with zero attached hydrogens (tertiary/aromatic N) is 1. The number of nitriles is 1. The first-order chi connectivity index (χ1) is 12.4. The molecule has 0 aromatic heterocycles. The highest BCUT2D eigenvalue weighted by atomic mass is 19.3. The first-order valence-corrected chi connectivity index (χ1v) is 8.72. The summed E-state index contributed by atoms with van der Waals surface area (Å²) in [6.07, 6.45) is 4.61. The summed E-state index contributed by atoms with van der Waals surface area (Å²) in [7, 11) is 0. The quantitative estimate of drug-likeness (QED) is 0.822. The van der Waals surface area contributed by atoms with Gasteiger partial charge in [-0.05, 0) is 36.6 Å². The number of aliphatic hydroxyl groups is 1. The normalized spacial score (nSPS) is 31.3. The molecule has 2 N–H and O–H groups in total. The molecule has 1 aromatic carbocycles. The number of benzene rings is 1. The molecule has 136 valence electrons. The van der Waals surface area contributed by atoms with Crippen molar-refractivity contribution in [3.63, 3.8) is 0 Å². The standard InChI is InChI=1S/C20H19F2NO3/c21-20(22)9-16-15-8-14(25)7-12(5-6-23)19(15)26-18(17(16)10-20)11-1-3-13(24)4-2-11/h1,3-4,7-8,11,16-18,24-25H,2,5,9-10H2. The number of rotatable bonds is 2. The van der Waals surface area contributed by atoms with Gasteiger partial charge in [-0.1, -0.05) is 6.08 Å². The molecule has 4 atom stereocenters. The molecule has 6 heteroatoms. The Balaban J connectivity index is 1.78. The van der Waals surface area contributed by atoms with Crippen LogP contribution in [-0.4, -0.2) is 22.2 Å². The fraction of sp³-hybridized carbons (Fsp3) is 0.450. The Bertz CT molecular complexity index is 840. The zero-order valence-corrected chi connectivity index (χ0v) is 14.0. The van der Waals surface area contributed by atoms with Crippen LogP contribution in [0.15, 0.2) is 36.1 Å². The average Bonchev–Trinajstić information content (AvgIpc) is 2.91. The Kier molecular flexibility index (Phi) is 3.91. The summed E-state index contributed by atoms with van der Waals surface area (Å²) in [6.45, 7) is 0. The molecule has 0 bridgehead atoms. The van der Waals surface area contributed by atoms with Crippen molar-refractivity contribution in [3.8, 4) is 17.6 Å². The van der Waals surface area contributed by atoms with E-state index >= 15 is 0 Å². The molecule has 0 spiro atoms. The smallest absolute Gasteiger partial charge is 0.249 e. The van der Waals surface area contributed by atoms with Crippen molar-refractivity contribution in [1.29, 1.82) is 5.26 Å². The van der Waals surface area contributed by atoms with Gasteiger partial charge in [0.1, 0.15) is 23.4 Å². The highest BCUT2D eigenvalue weighted by Gasteiger charge is 2.54. The zero-order valence-electron chi connectivity index (χ0n) is 14.0. The second-order valence-electron chi connectivity index (χ2n) is 7.36. The zero-order chi connectivity index (χ0) is 18.5. The van der Waals surface area contributed by atoms with Crippen LogP contribution in [0, 0.1) is 23.2 Å². The summed E-state index contributed by atoms with van der Waals surface area (Å²) >= 11 is 0. The van der Waals surface area contributed by atoms with Crippen molar-refractivity contribution in [2.45, 2.75) is 43.6 Å². The average molecular weight is 359 g/mol. The van der Waals surface area contributed by atoms with Gasteiger partial charge in [0, 0.05) is 35.8 Å². The SMILES string of the molecule is N#CCc1cc(O)cc2c1OC(C1C=CC(O)=CC1)C1CC(F)(F)CC21. The van der Waals surface area contributed by atoms with E-state index in [1.165, 1.54) is 12.1 Å². The van der Waals surface area contributed by atoms with Crippen LogP contribution in [0.3, 0.4) is 0 Å². The minimum absolute atomic E-state index is 0.0320. The van der Waals surface area contributed by atoms with Gasteiger partial charge in [0.2, 0.25) is 5.92 Å². The third-order valence-corrected chi connectivity index (χ3v) is 5.63. The molecule has 1 fully saturated rings. The van der Waals surface area contributed by atoms with E-state index in [4.69, 9.17) is 10.00 Å². The number of alkyl halides is 2. The molecule has 2 aliphatic carbocycles. The van der Waals surface area contributed by atoms with Gasteiger partial charge in [0.05, 0.1) is 12.5 Å². The van der Waals surface area contributed by atoms with Crippen molar-refractivity contribution in [2.75, 3.05) is 0 Å². The van der Waals surface area contributed by atoms with Crippen molar-refractivity contribution >= 4 is 0 Å². The van der Waals surface area contributed by atoms with Crippen molar-refractivity contribution in [3.05, 3.63) is 47.2 Å². The minimum Gasteiger partial charge on any atom is -0.508 e. The fourth-order valence-corrected chi connectivity index (χ4v) is 4.56. The molecule has 1 heterocycles. The van der Waals surface area contributed by atoms with E-state index in [0.717, 1.165) is 0 Å². The molecule has 4 unspecified atom stereocenters. The van der Waals surface area contributed by atoms with E-state index < -0.39 is 17.9 Å². The van der Waals surface area contributed by atoms with Crippen LogP contribution in [-0.2, 0) is 6.42 Å². The first kappa shape index (κ1) is 16.9. The number of hydrogen-bond donors (Lipinski definition) is 2. The number of phenols is 1. The third kappa shape index (κ3) is 2.82. The largest absolute Gasteiger partial charge is 0.508 e. The highest BCUT2D eigenvalue weighted by Crippen LogP contribution is 2.57. The minimum atomic E-state index is -2.78. The van der Waals surface area contributed by atoms with Gasteiger partial charge < -0.3 is 14.9 Å². The second-order valence-corrected chi connectivity index (χ2v) is 7.36. The van der Waals surface area contributed by atoms with Gasteiger partial charge in [-0.15, -0.1) is 0 Å². The van der Waals surface area contributed by atoms with E-state index in [-0.39, 0.29) is 42.6 Å². The number of aromatic hydroxyl groups is 1. The molecule has 0 radical (unpaired) electrons. The molecule has 0 amide bonds. The second kappa shape index (κ2) is 6.01. The topological polar surface area (TPSA) is 73.5 Å². The molecule has 0 saturated heterocycles. The lowest BCUT2D eigenvalue weighted by Gasteiger charge is -2.40. The van der Waals surface area contributed by atoms with Gasteiger partial charge in [0.15, 0.2) is 0 Å². The Morgan fingerprint density at radius 2 is 2.08 bits per heavy atom.